The van der Waals surface area contributed by atoms with Crippen LogP contribution < -0.4 is 16.4 Å². The Hall–Kier alpha value is -1.62. The van der Waals surface area contributed by atoms with E-state index in [4.69, 9.17) is 11.5 Å². The van der Waals surface area contributed by atoms with E-state index in [1.54, 1.807) is 0 Å². The lowest BCUT2D eigenvalue weighted by Gasteiger charge is -2.41. The van der Waals surface area contributed by atoms with Crippen LogP contribution in [0.3, 0.4) is 0 Å². The molecule has 5 nitrogen and oxygen atoms in total. The fraction of sp³-hybridized carbons (Fsp3) is 0.600. The minimum Gasteiger partial charge on any atom is -0.365 e. The average molecular weight is 276 g/mol. The molecule has 0 bridgehead atoms. The summed E-state index contributed by atoms with van der Waals surface area (Å²) >= 11 is 0. The van der Waals surface area contributed by atoms with Gasteiger partial charge in [0.1, 0.15) is 5.82 Å². The minimum atomic E-state index is -0.418. The van der Waals surface area contributed by atoms with E-state index >= 15 is 0 Å². The van der Waals surface area contributed by atoms with Crippen LogP contribution >= 0.6 is 0 Å². The molecule has 1 aromatic rings. The molecule has 1 aliphatic heterocycles. The highest BCUT2D eigenvalue weighted by Gasteiger charge is 2.31. The van der Waals surface area contributed by atoms with Crippen LogP contribution in [0.2, 0.25) is 0 Å². The van der Waals surface area contributed by atoms with Gasteiger partial charge >= 0.3 is 0 Å². The van der Waals surface area contributed by atoms with E-state index in [-0.39, 0.29) is 6.04 Å². The van der Waals surface area contributed by atoms with Gasteiger partial charge in [0.25, 0.3) is 5.91 Å². The third-order valence-corrected chi connectivity index (χ3v) is 4.20. The van der Waals surface area contributed by atoms with E-state index in [9.17, 15) is 4.79 Å². The van der Waals surface area contributed by atoms with Crippen molar-refractivity contribution in [3.63, 3.8) is 0 Å². The maximum absolute atomic E-state index is 11.8. The summed E-state index contributed by atoms with van der Waals surface area (Å²) in [5, 5.41) is 0. The van der Waals surface area contributed by atoms with Crippen molar-refractivity contribution in [3.05, 3.63) is 22.9 Å². The number of hydrogen-bond acceptors (Lipinski definition) is 4. The number of nitrogens with zero attached hydrogens (tertiary/aromatic N) is 2. The maximum Gasteiger partial charge on any atom is 0.252 e. The van der Waals surface area contributed by atoms with E-state index in [0.29, 0.717) is 23.8 Å². The van der Waals surface area contributed by atoms with Crippen LogP contribution in [0.1, 0.15) is 41.4 Å². The second-order valence-corrected chi connectivity index (χ2v) is 5.76. The zero-order valence-corrected chi connectivity index (χ0v) is 12.5. The first-order valence-corrected chi connectivity index (χ1v) is 7.20. The summed E-state index contributed by atoms with van der Waals surface area (Å²) in [5.74, 6) is 0.785. The number of carbonyl (C=O) groups excluding carboxylic acids is 1. The molecule has 0 spiro atoms. The number of hydrogen-bond donors (Lipinski definition) is 2. The summed E-state index contributed by atoms with van der Waals surface area (Å²) in [6.07, 6.45) is 2.25. The highest BCUT2D eigenvalue weighted by molar-refractivity contribution is 5.99. The first-order valence-electron chi connectivity index (χ1n) is 7.20. The Balaban J connectivity index is 2.52. The van der Waals surface area contributed by atoms with Gasteiger partial charge in [0.2, 0.25) is 0 Å². The molecule has 1 fully saturated rings. The lowest BCUT2D eigenvalue weighted by atomic mass is 9.90. The van der Waals surface area contributed by atoms with Crippen LogP contribution in [0, 0.1) is 19.8 Å². The summed E-state index contributed by atoms with van der Waals surface area (Å²) in [7, 11) is 0. The third kappa shape index (κ3) is 2.63. The van der Waals surface area contributed by atoms with Gasteiger partial charge in [-0.1, -0.05) is 6.92 Å². The van der Waals surface area contributed by atoms with Gasteiger partial charge in [0, 0.05) is 24.8 Å². The van der Waals surface area contributed by atoms with Crippen LogP contribution in [0.15, 0.2) is 6.07 Å². The largest absolute Gasteiger partial charge is 0.365 e. The van der Waals surface area contributed by atoms with Gasteiger partial charge in [-0.15, -0.1) is 0 Å². The number of pyridine rings is 1. The molecule has 1 amide bonds. The maximum atomic E-state index is 11.8. The van der Waals surface area contributed by atoms with Gasteiger partial charge < -0.3 is 16.4 Å². The summed E-state index contributed by atoms with van der Waals surface area (Å²) in [6.45, 7) is 7.49. The summed E-state index contributed by atoms with van der Waals surface area (Å²) < 4.78 is 0. The van der Waals surface area contributed by atoms with Crippen molar-refractivity contribution in [2.45, 2.75) is 39.7 Å². The Morgan fingerprint density at radius 2 is 2.20 bits per heavy atom. The van der Waals surface area contributed by atoms with E-state index in [1.165, 1.54) is 0 Å². The molecule has 0 aromatic carbocycles. The predicted molar refractivity (Wildman–Crippen MR) is 80.8 cm³/mol. The zero-order valence-electron chi connectivity index (χ0n) is 12.5. The fourth-order valence-electron chi connectivity index (χ4n) is 3.20. The van der Waals surface area contributed by atoms with Crippen LogP contribution in [0.5, 0.6) is 0 Å². The van der Waals surface area contributed by atoms with Crippen molar-refractivity contribution in [3.8, 4) is 0 Å². The Labute approximate surface area is 120 Å². The van der Waals surface area contributed by atoms with Gasteiger partial charge in [-0.2, -0.15) is 0 Å². The molecular formula is C15H24N4O. The van der Waals surface area contributed by atoms with Crippen molar-refractivity contribution in [2.75, 3.05) is 18.0 Å². The normalized spacial score (nSPS) is 22.9. The molecule has 2 atom stereocenters. The minimum absolute atomic E-state index is 0.218. The predicted octanol–water partition coefficient (Wildman–Crippen LogP) is 1.36. The molecule has 20 heavy (non-hydrogen) atoms. The SMILES string of the molecule is Cc1cc(C)c(C(N)=O)c(N2CCCC(C)C2CN)n1. The van der Waals surface area contributed by atoms with Gasteiger partial charge in [-0.05, 0) is 44.2 Å². The summed E-state index contributed by atoms with van der Waals surface area (Å²) in [5.41, 5.74) is 13.8. The number of aryl methyl sites for hydroxylation is 2. The number of nitrogens with two attached hydrogens (primary N) is 2. The molecule has 1 aliphatic rings. The van der Waals surface area contributed by atoms with E-state index in [2.05, 4.69) is 16.8 Å². The molecule has 2 rings (SSSR count). The van der Waals surface area contributed by atoms with E-state index < -0.39 is 5.91 Å². The highest BCUT2D eigenvalue weighted by Crippen LogP contribution is 2.30. The van der Waals surface area contributed by atoms with Gasteiger partial charge in [-0.3, -0.25) is 4.79 Å². The third-order valence-electron chi connectivity index (χ3n) is 4.20. The second-order valence-electron chi connectivity index (χ2n) is 5.76. The van der Waals surface area contributed by atoms with Crippen molar-refractivity contribution < 1.29 is 4.79 Å². The molecule has 4 N–H and O–H groups in total. The topological polar surface area (TPSA) is 85.2 Å². The van der Waals surface area contributed by atoms with Gasteiger partial charge in [0.05, 0.1) is 5.56 Å². The smallest absolute Gasteiger partial charge is 0.252 e. The van der Waals surface area contributed by atoms with Crippen molar-refractivity contribution in [1.82, 2.24) is 4.98 Å². The van der Waals surface area contributed by atoms with Crippen LogP contribution in [0.25, 0.3) is 0 Å². The second kappa shape index (κ2) is 5.79. The molecule has 110 valence electrons. The molecule has 0 aliphatic carbocycles. The van der Waals surface area contributed by atoms with Crippen molar-refractivity contribution in [1.29, 1.82) is 0 Å². The number of primary amides is 1. The molecule has 0 saturated carbocycles. The highest BCUT2D eigenvalue weighted by atomic mass is 16.1. The Morgan fingerprint density at radius 1 is 1.50 bits per heavy atom. The molecular weight excluding hydrogens is 252 g/mol. The number of aromatic nitrogens is 1. The quantitative estimate of drug-likeness (QED) is 0.873. The average Bonchev–Trinajstić information content (AvgIpc) is 2.36. The number of amides is 1. The van der Waals surface area contributed by atoms with Gasteiger partial charge in [0.15, 0.2) is 0 Å². The molecule has 1 saturated heterocycles. The number of anilines is 1. The Kier molecular flexibility index (Phi) is 4.28. The Morgan fingerprint density at radius 3 is 2.80 bits per heavy atom. The lowest BCUT2D eigenvalue weighted by Crippen LogP contribution is -2.50. The molecule has 2 unspecified atom stereocenters. The van der Waals surface area contributed by atoms with Crippen LogP contribution in [-0.4, -0.2) is 30.0 Å². The Bertz CT molecular complexity index is 515. The first kappa shape index (κ1) is 14.8. The van der Waals surface area contributed by atoms with Gasteiger partial charge in [-0.25, -0.2) is 4.98 Å². The monoisotopic (exact) mass is 276 g/mol. The summed E-state index contributed by atoms with van der Waals surface area (Å²) in [6, 6.07) is 2.12. The first-order chi connectivity index (χ1) is 9.45. The number of carbonyl (C=O) groups is 1. The molecule has 1 aromatic heterocycles. The number of piperidine rings is 1. The molecule has 0 radical (unpaired) electrons. The van der Waals surface area contributed by atoms with Crippen LogP contribution in [0.4, 0.5) is 5.82 Å². The zero-order chi connectivity index (χ0) is 14.9. The fourth-order valence-corrected chi connectivity index (χ4v) is 3.20. The standard InChI is InChI=1S/C15H24N4O/c1-9-5-4-6-19(12(9)8-16)15-13(14(17)20)10(2)7-11(3)18-15/h7,9,12H,4-6,8,16H2,1-3H3,(H2,17,20). The summed E-state index contributed by atoms with van der Waals surface area (Å²) in [4.78, 5) is 18.6. The van der Waals surface area contributed by atoms with E-state index in [0.717, 1.165) is 30.6 Å². The molecule has 5 heteroatoms. The molecule has 2 heterocycles. The van der Waals surface area contributed by atoms with E-state index in [1.807, 2.05) is 19.9 Å². The van der Waals surface area contributed by atoms with Crippen LogP contribution in [-0.2, 0) is 0 Å². The lowest BCUT2D eigenvalue weighted by molar-refractivity contribution is 0.0999. The number of rotatable bonds is 3. The van der Waals surface area contributed by atoms with Crippen molar-refractivity contribution >= 4 is 11.7 Å². The van der Waals surface area contributed by atoms with Crippen molar-refractivity contribution in [2.24, 2.45) is 17.4 Å².